The lowest BCUT2D eigenvalue weighted by molar-refractivity contribution is 0.0821. The van der Waals surface area contributed by atoms with E-state index in [9.17, 15) is 5.11 Å². The second-order valence-corrected chi connectivity index (χ2v) is 5.97. The number of nitrogens with one attached hydrogen (secondary N) is 1. The van der Waals surface area contributed by atoms with Gasteiger partial charge in [0.2, 0.25) is 0 Å². The SMILES string of the molecule is Cc1cccc(C)c1CNCCCN1CCC(O)CC1. The summed E-state index contributed by atoms with van der Waals surface area (Å²) in [6.07, 6.45) is 3.00. The summed E-state index contributed by atoms with van der Waals surface area (Å²) in [5.41, 5.74) is 4.19. The highest BCUT2D eigenvalue weighted by atomic mass is 16.3. The topological polar surface area (TPSA) is 35.5 Å². The summed E-state index contributed by atoms with van der Waals surface area (Å²) >= 11 is 0. The van der Waals surface area contributed by atoms with Gasteiger partial charge in [-0.1, -0.05) is 18.2 Å². The number of piperidine rings is 1. The Bertz CT molecular complexity index is 391. The summed E-state index contributed by atoms with van der Waals surface area (Å²) in [4.78, 5) is 2.47. The van der Waals surface area contributed by atoms with Gasteiger partial charge in [-0.2, -0.15) is 0 Å². The van der Waals surface area contributed by atoms with Gasteiger partial charge in [0.1, 0.15) is 0 Å². The van der Waals surface area contributed by atoms with Crippen molar-refractivity contribution >= 4 is 0 Å². The normalized spacial score (nSPS) is 17.6. The quantitative estimate of drug-likeness (QED) is 0.782. The number of aryl methyl sites for hydroxylation is 2. The van der Waals surface area contributed by atoms with Crippen LogP contribution in [0.1, 0.15) is 36.0 Å². The van der Waals surface area contributed by atoms with Crippen molar-refractivity contribution in [2.45, 2.75) is 45.8 Å². The fourth-order valence-corrected chi connectivity index (χ4v) is 2.91. The standard InChI is InChI=1S/C17H28N2O/c1-14-5-3-6-15(2)17(14)13-18-9-4-10-19-11-7-16(20)8-12-19/h3,5-6,16,18,20H,4,7-13H2,1-2H3. The molecule has 0 bridgehead atoms. The minimum absolute atomic E-state index is 0.0617. The van der Waals surface area contributed by atoms with Gasteiger partial charge < -0.3 is 15.3 Å². The monoisotopic (exact) mass is 276 g/mol. The second kappa shape index (κ2) is 7.77. The average molecular weight is 276 g/mol. The first-order chi connectivity index (χ1) is 9.66. The van der Waals surface area contributed by atoms with Gasteiger partial charge in [-0.3, -0.25) is 0 Å². The van der Waals surface area contributed by atoms with E-state index in [-0.39, 0.29) is 6.10 Å². The van der Waals surface area contributed by atoms with Gasteiger partial charge in [-0.05, 0) is 62.9 Å². The van der Waals surface area contributed by atoms with E-state index in [0.29, 0.717) is 0 Å². The summed E-state index contributed by atoms with van der Waals surface area (Å²) in [5, 5.41) is 13.0. The smallest absolute Gasteiger partial charge is 0.0564 e. The Balaban J connectivity index is 1.62. The maximum atomic E-state index is 9.48. The van der Waals surface area contributed by atoms with Crippen LogP contribution in [0, 0.1) is 13.8 Å². The van der Waals surface area contributed by atoms with Crippen molar-refractivity contribution in [3.63, 3.8) is 0 Å². The zero-order valence-corrected chi connectivity index (χ0v) is 12.9. The highest BCUT2D eigenvalue weighted by molar-refractivity contribution is 5.33. The number of likely N-dealkylation sites (tertiary alicyclic amines) is 1. The van der Waals surface area contributed by atoms with E-state index in [0.717, 1.165) is 45.6 Å². The van der Waals surface area contributed by atoms with E-state index >= 15 is 0 Å². The van der Waals surface area contributed by atoms with E-state index in [4.69, 9.17) is 0 Å². The molecule has 3 nitrogen and oxygen atoms in total. The molecule has 1 aromatic rings. The van der Waals surface area contributed by atoms with Gasteiger partial charge in [-0.15, -0.1) is 0 Å². The molecule has 0 radical (unpaired) electrons. The summed E-state index contributed by atoms with van der Waals surface area (Å²) in [5.74, 6) is 0. The lowest BCUT2D eigenvalue weighted by Gasteiger charge is -2.29. The van der Waals surface area contributed by atoms with E-state index in [2.05, 4.69) is 42.3 Å². The maximum Gasteiger partial charge on any atom is 0.0564 e. The molecule has 1 aliphatic heterocycles. The van der Waals surface area contributed by atoms with Crippen molar-refractivity contribution in [2.75, 3.05) is 26.2 Å². The average Bonchev–Trinajstić information content (AvgIpc) is 2.43. The number of aliphatic hydroxyl groups is 1. The molecule has 0 aromatic heterocycles. The van der Waals surface area contributed by atoms with Crippen molar-refractivity contribution in [1.82, 2.24) is 10.2 Å². The molecule has 1 saturated heterocycles. The zero-order chi connectivity index (χ0) is 14.4. The fraction of sp³-hybridized carbons (Fsp3) is 0.647. The Morgan fingerprint density at radius 1 is 1.20 bits per heavy atom. The first-order valence-corrected chi connectivity index (χ1v) is 7.83. The molecule has 2 N–H and O–H groups in total. The Morgan fingerprint density at radius 3 is 2.50 bits per heavy atom. The molecule has 0 saturated carbocycles. The molecule has 2 rings (SSSR count). The molecule has 1 fully saturated rings. The van der Waals surface area contributed by atoms with Gasteiger partial charge in [0.25, 0.3) is 0 Å². The zero-order valence-electron chi connectivity index (χ0n) is 12.9. The second-order valence-electron chi connectivity index (χ2n) is 5.97. The van der Waals surface area contributed by atoms with Crippen LogP contribution in [0.3, 0.4) is 0 Å². The van der Waals surface area contributed by atoms with Crippen molar-refractivity contribution < 1.29 is 5.11 Å². The van der Waals surface area contributed by atoms with Crippen LogP contribution in [0.4, 0.5) is 0 Å². The summed E-state index contributed by atoms with van der Waals surface area (Å²) in [6.45, 7) is 9.65. The summed E-state index contributed by atoms with van der Waals surface area (Å²) in [7, 11) is 0. The summed E-state index contributed by atoms with van der Waals surface area (Å²) < 4.78 is 0. The lowest BCUT2D eigenvalue weighted by atomic mass is 10.0. The van der Waals surface area contributed by atoms with Crippen molar-refractivity contribution in [1.29, 1.82) is 0 Å². The first kappa shape index (κ1) is 15.5. The van der Waals surface area contributed by atoms with Gasteiger partial charge in [0, 0.05) is 19.6 Å². The van der Waals surface area contributed by atoms with Crippen molar-refractivity contribution in [3.8, 4) is 0 Å². The number of rotatable bonds is 6. The largest absolute Gasteiger partial charge is 0.393 e. The third kappa shape index (κ3) is 4.58. The molecule has 0 amide bonds. The molecule has 0 aliphatic carbocycles. The van der Waals surface area contributed by atoms with Crippen LogP contribution in [0.15, 0.2) is 18.2 Å². The molecule has 112 valence electrons. The number of aliphatic hydroxyl groups excluding tert-OH is 1. The fourth-order valence-electron chi connectivity index (χ4n) is 2.91. The summed E-state index contributed by atoms with van der Waals surface area (Å²) in [6, 6.07) is 6.49. The van der Waals surface area contributed by atoms with Crippen LogP contribution < -0.4 is 5.32 Å². The van der Waals surface area contributed by atoms with Gasteiger partial charge in [0.15, 0.2) is 0 Å². The minimum atomic E-state index is -0.0617. The molecule has 3 heteroatoms. The molecule has 1 aromatic carbocycles. The molecule has 0 atom stereocenters. The number of hydrogen-bond donors (Lipinski definition) is 2. The van der Waals surface area contributed by atoms with Crippen LogP contribution in [0.2, 0.25) is 0 Å². The number of benzene rings is 1. The van der Waals surface area contributed by atoms with Gasteiger partial charge in [0.05, 0.1) is 6.10 Å². The van der Waals surface area contributed by atoms with Gasteiger partial charge in [-0.25, -0.2) is 0 Å². The predicted molar refractivity (Wildman–Crippen MR) is 83.9 cm³/mol. The maximum absolute atomic E-state index is 9.48. The molecule has 0 spiro atoms. The Kier molecular flexibility index (Phi) is 6.02. The number of hydrogen-bond acceptors (Lipinski definition) is 3. The van der Waals surface area contributed by atoms with Crippen molar-refractivity contribution in [2.24, 2.45) is 0 Å². The Morgan fingerprint density at radius 2 is 1.85 bits per heavy atom. The van der Waals surface area contributed by atoms with Crippen LogP contribution in [-0.2, 0) is 6.54 Å². The van der Waals surface area contributed by atoms with Crippen LogP contribution in [0.25, 0.3) is 0 Å². The molecular formula is C17H28N2O. The third-order valence-corrected chi connectivity index (χ3v) is 4.33. The van der Waals surface area contributed by atoms with E-state index in [1.54, 1.807) is 0 Å². The van der Waals surface area contributed by atoms with Gasteiger partial charge >= 0.3 is 0 Å². The molecule has 1 aliphatic rings. The van der Waals surface area contributed by atoms with E-state index in [1.807, 2.05) is 0 Å². The van der Waals surface area contributed by atoms with Crippen LogP contribution in [-0.4, -0.2) is 42.3 Å². The first-order valence-electron chi connectivity index (χ1n) is 7.83. The van der Waals surface area contributed by atoms with E-state index in [1.165, 1.54) is 23.1 Å². The van der Waals surface area contributed by atoms with Crippen LogP contribution in [0.5, 0.6) is 0 Å². The third-order valence-electron chi connectivity index (χ3n) is 4.33. The number of nitrogens with zero attached hydrogens (tertiary/aromatic N) is 1. The molecular weight excluding hydrogens is 248 g/mol. The molecule has 20 heavy (non-hydrogen) atoms. The Labute approximate surface area is 123 Å². The Hall–Kier alpha value is -0.900. The van der Waals surface area contributed by atoms with E-state index < -0.39 is 0 Å². The predicted octanol–water partition coefficient (Wildman–Crippen LogP) is 2.24. The lowest BCUT2D eigenvalue weighted by Crippen LogP contribution is -2.37. The molecule has 0 unspecified atom stereocenters. The van der Waals surface area contributed by atoms with Crippen LogP contribution >= 0.6 is 0 Å². The minimum Gasteiger partial charge on any atom is -0.393 e. The highest BCUT2D eigenvalue weighted by Gasteiger charge is 2.15. The highest BCUT2D eigenvalue weighted by Crippen LogP contribution is 2.13. The van der Waals surface area contributed by atoms with Crippen molar-refractivity contribution in [3.05, 3.63) is 34.9 Å². The molecule has 1 heterocycles.